The van der Waals surface area contributed by atoms with Crippen LogP contribution in [0.2, 0.25) is 0 Å². The fraction of sp³-hybridized carbons (Fsp3) is 0.462. The number of nitrogens with one attached hydrogen (secondary N) is 1. The lowest BCUT2D eigenvalue weighted by Gasteiger charge is -2.20. The third-order valence-electron chi connectivity index (χ3n) is 3.20. The maximum Gasteiger partial charge on any atom is 0.322 e. The number of carboxylic acids is 1. The molecule has 8 heteroatoms. The lowest BCUT2D eigenvalue weighted by Crippen LogP contribution is -2.44. The van der Waals surface area contributed by atoms with E-state index in [1.165, 1.54) is 0 Å². The Labute approximate surface area is 122 Å². The number of alkyl halides is 2. The molecule has 1 aromatic rings. The lowest BCUT2D eigenvalue weighted by molar-refractivity contribution is -0.140. The van der Waals surface area contributed by atoms with Gasteiger partial charge in [0.05, 0.1) is 4.90 Å². The van der Waals surface area contributed by atoms with Crippen LogP contribution < -0.4 is 4.72 Å². The van der Waals surface area contributed by atoms with E-state index in [1.807, 2.05) is 0 Å². The SMILES string of the molecule is CC[C@H](C)[C@H](NS(=O)(=O)c1ccc(C(F)F)cc1)C(=O)O. The van der Waals surface area contributed by atoms with Crippen LogP contribution in [0.15, 0.2) is 29.2 Å². The predicted octanol–water partition coefficient (Wildman–Crippen LogP) is 2.40. The van der Waals surface area contributed by atoms with Crippen LogP contribution >= 0.6 is 0 Å². The Morgan fingerprint density at radius 3 is 2.19 bits per heavy atom. The van der Waals surface area contributed by atoms with E-state index in [9.17, 15) is 22.0 Å². The minimum atomic E-state index is -4.08. The van der Waals surface area contributed by atoms with Crippen molar-refractivity contribution in [2.75, 3.05) is 0 Å². The Kier molecular flexibility index (Phi) is 5.79. The summed E-state index contributed by atoms with van der Waals surface area (Å²) in [4.78, 5) is 10.9. The van der Waals surface area contributed by atoms with E-state index >= 15 is 0 Å². The van der Waals surface area contributed by atoms with Gasteiger partial charge in [-0.3, -0.25) is 4.79 Å². The third kappa shape index (κ3) is 4.47. The van der Waals surface area contributed by atoms with E-state index in [1.54, 1.807) is 13.8 Å². The first-order valence-electron chi connectivity index (χ1n) is 6.32. The second-order valence-electron chi connectivity index (χ2n) is 4.69. The van der Waals surface area contributed by atoms with Gasteiger partial charge < -0.3 is 5.11 Å². The van der Waals surface area contributed by atoms with Crippen molar-refractivity contribution >= 4 is 16.0 Å². The molecule has 0 fully saturated rings. The van der Waals surface area contributed by atoms with Gasteiger partial charge in [-0.25, -0.2) is 17.2 Å². The molecule has 118 valence electrons. The minimum absolute atomic E-state index is 0.249. The summed E-state index contributed by atoms with van der Waals surface area (Å²) in [5, 5.41) is 9.08. The third-order valence-corrected chi connectivity index (χ3v) is 4.66. The molecule has 0 spiro atoms. The number of hydrogen-bond acceptors (Lipinski definition) is 3. The molecule has 2 atom stereocenters. The summed E-state index contributed by atoms with van der Waals surface area (Å²) in [7, 11) is -4.08. The summed E-state index contributed by atoms with van der Waals surface area (Å²) in [6, 6.07) is 2.78. The summed E-state index contributed by atoms with van der Waals surface area (Å²) in [5.41, 5.74) is -0.300. The summed E-state index contributed by atoms with van der Waals surface area (Å²) >= 11 is 0. The maximum atomic E-state index is 12.4. The van der Waals surface area contributed by atoms with Crippen molar-refractivity contribution in [3.05, 3.63) is 29.8 Å². The number of sulfonamides is 1. The Balaban J connectivity index is 3.02. The molecule has 0 saturated carbocycles. The minimum Gasteiger partial charge on any atom is -0.480 e. The molecule has 0 amide bonds. The van der Waals surface area contributed by atoms with Gasteiger partial charge in [0.15, 0.2) is 0 Å². The molecule has 5 nitrogen and oxygen atoms in total. The van der Waals surface area contributed by atoms with E-state index in [-0.39, 0.29) is 10.5 Å². The van der Waals surface area contributed by atoms with Crippen LogP contribution in [0.1, 0.15) is 32.3 Å². The van der Waals surface area contributed by atoms with Gasteiger partial charge in [-0.2, -0.15) is 4.72 Å². The molecule has 0 heterocycles. The molecule has 0 aromatic heterocycles. The molecule has 0 saturated heterocycles. The van der Waals surface area contributed by atoms with Crippen LogP contribution in [-0.4, -0.2) is 25.5 Å². The van der Waals surface area contributed by atoms with Crippen LogP contribution in [0, 0.1) is 5.92 Å². The smallest absolute Gasteiger partial charge is 0.322 e. The molecule has 0 unspecified atom stereocenters. The van der Waals surface area contributed by atoms with Crippen molar-refractivity contribution in [3.8, 4) is 0 Å². The second kappa shape index (κ2) is 6.95. The Hall–Kier alpha value is -1.54. The normalized spacial score (nSPS) is 14.9. The van der Waals surface area contributed by atoms with Crippen molar-refractivity contribution < 1.29 is 27.1 Å². The highest BCUT2D eigenvalue weighted by Crippen LogP contribution is 2.21. The van der Waals surface area contributed by atoms with E-state index in [4.69, 9.17) is 5.11 Å². The zero-order chi connectivity index (χ0) is 16.2. The number of rotatable bonds is 7. The molecule has 2 N–H and O–H groups in total. The van der Waals surface area contributed by atoms with Crippen LogP contribution in [-0.2, 0) is 14.8 Å². The molecule has 0 radical (unpaired) electrons. The highest BCUT2D eigenvalue weighted by atomic mass is 32.2. The topological polar surface area (TPSA) is 83.5 Å². The summed E-state index contributed by atoms with van der Waals surface area (Å²) in [6.07, 6.45) is -2.22. The number of benzene rings is 1. The first kappa shape index (κ1) is 17.5. The molecule has 1 aromatic carbocycles. The molecular formula is C13H17F2NO4S. The first-order valence-corrected chi connectivity index (χ1v) is 7.80. The first-order chi connectivity index (χ1) is 9.69. The number of hydrogen-bond donors (Lipinski definition) is 2. The molecule has 21 heavy (non-hydrogen) atoms. The van der Waals surface area contributed by atoms with Crippen LogP contribution in [0.25, 0.3) is 0 Å². The van der Waals surface area contributed by atoms with Crippen LogP contribution in [0.5, 0.6) is 0 Å². The van der Waals surface area contributed by atoms with Crippen molar-refractivity contribution in [1.29, 1.82) is 0 Å². The molecule has 0 aliphatic heterocycles. The number of aliphatic carboxylic acids is 1. The monoisotopic (exact) mass is 321 g/mol. The molecule has 1 rings (SSSR count). The molecular weight excluding hydrogens is 304 g/mol. The number of carboxylic acid groups (broad SMARTS) is 1. The van der Waals surface area contributed by atoms with Gasteiger partial charge in [0.2, 0.25) is 10.0 Å². The number of carbonyl (C=O) groups is 1. The van der Waals surface area contributed by atoms with Gasteiger partial charge in [-0.05, 0) is 18.1 Å². The van der Waals surface area contributed by atoms with Crippen molar-refractivity contribution in [2.24, 2.45) is 5.92 Å². The van der Waals surface area contributed by atoms with Gasteiger partial charge in [-0.15, -0.1) is 0 Å². The van der Waals surface area contributed by atoms with E-state index in [2.05, 4.69) is 4.72 Å². The Bertz CT molecular complexity index is 587. The maximum absolute atomic E-state index is 12.4. The summed E-state index contributed by atoms with van der Waals surface area (Å²) in [5.74, 6) is -1.69. The summed E-state index contributed by atoms with van der Waals surface area (Å²) < 4.78 is 51.1. The highest BCUT2D eigenvalue weighted by molar-refractivity contribution is 7.89. The average molecular weight is 321 g/mol. The van der Waals surface area contributed by atoms with Crippen molar-refractivity contribution in [2.45, 2.75) is 37.6 Å². The van der Waals surface area contributed by atoms with Gasteiger partial charge in [-0.1, -0.05) is 32.4 Å². The summed E-state index contributed by atoms with van der Waals surface area (Å²) in [6.45, 7) is 3.35. The van der Waals surface area contributed by atoms with Crippen molar-refractivity contribution in [1.82, 2.24) is 4.72 Å². The second-order valence-corrected chi connectivity index (χ2v) is 6.41. The number of halogens is 2. The Morgan fingerprint density at radius 2 is 1.81 bits per heavy atom. The van der Waals surface area contributed by atoms with E-state index in [0.717, 1.165) is 24.3 Å². The molecule has 0 aliphatic rings. The van der Waals surface area contributed by atoms with Gasteiger partial charge in [0.25, 0.3) is 6.43 Å². The van der Waals surface area contributed by atoms with E-state index < -0.39 is 34.4 Å². The highest BCUT2D eigenvalue weighted by Gasteiger charge is 2.29. The predicted molar refractivity (Wildman–Crippen MR) is 72.6 cm³/mol. The molecule has 0 bridgehead atoms. The van der Waals surface area contributed by atoms with Crippen LogP contribution in [0.3, 0.4) is 0 Å². The zero-order valence-electron chi connectivity index (χ0n) is 11.6. The van der Waals surface area contributed by atoms with Crippen molar-refractivity contribution in [3.63, 3.8) is 0 Å². The fourth-order valence-corrected chi connectivity index (χ4v) is 2.97. The molecule has 0 aliphatic carbocycles. The quantitative estimate of drug-likeness (QED) is 0.808. The zero-order valence-corrected chi connectivity index (χ0v) is 12.4. The van der Waals surface area contributed by atoms with Gasteiger partial charge in [0.1, 0.15) is 6.04 Å². The Morgan fingerprint density at radius 1 is 1.29 bits per heavy atom. The van der Waals surface area contributed by atoms with E-state index in [0.29, 0.717) is 6.42 Å². The van der Waals surface area contributed by atoms with Gasteiger partial charge in [0, 0.05) is 5.56 Å². The largest absolute Gasteiger partial charge is 0.480 e. The van der Waals surface area contributed by atoms with Crippen LogP contribution in [0.4, 0.5) is 8.78 Å². The standard InChI is InChI=1S/C13H17F2NO4S/c1-3-8(2)11(13(17)18)16-21(19,20)10-6-4-9(5-7-10)12(14)15/h4-8,11-12,16H,3H2,1-2H3,(H,17,18)/t8-,11-/m0/s1. The average Bonchev–Trinajstić information content (AvgIpc) is 2.43. The fourth-order valence-electron chi connectivity index (χ4n) is 1.67. The van der Waals surface area contributed by atoms with Gasteiger partial charge >= 0.3 is 5.97 Å². The lowest BCUT2D eigenvalue weighted by atomic mass is 10.0.